The molecule has 0 amide bonds. The molecular formula is C15H18BrN5O4S2. The number of aromatic nitrogens is 2. The van der Waals surface area contributed by atoms with Gasteiger partial charge in [0, 0.05) is 32.6 Å². The van der Waals surface area contributed by atoms with Crippen LogP contribution >= 0.6 is 27.7 Å². The maximum absolute atomic E-state index is 11.7. The zero-order chi connectivity index (χ0) is 19.9. The highest BCUT2D eigenvalue weighted by Crippen LogP contribution is 2.23. The fourth-order valence-corrected chi connectivity index (χ4v) is 4.03. The minimum absolute atomic E-state index is 0.0767. The molecule has 0 aliphatic rings. The Balaban J connectivity index is 1.99. The van der Waals surface area contributed by atoms with Gasteiger partial charge >= 0.3 is 0 Å². The summed E-state index contributed by atoms with van der Waals surface area (Å²) in [5.74, 6) is 0.177. The average Bonchev–Trinajstić information content (AvgIpc) is 3.03. The topological polar surface area (TPSA) is 142 Å². The van der Waals surface area contributed by atoms with Crippen molar-refractivity contribution >= 4 is 54.7 Å². The molecule has 0 radical (unpaired) electrons. The largest absolute Gasteiger partial charge is 0.299 e. The number of nitrogens with one attached hydrogen (secondary N) is 2. The van der Waals surface area contributed by atoms with Crippen molar-refractivity contribution in [2.75, 3.05) is 17.8 Å². The van der Waals surface area contributed by atoms with Crippen LogP contribution in [0.2, 0.25) is 0 Å². The van der Waals surface area contributed by atoms with Gasteiger partial charge in [0.05, 0.1) is 11.4 Å². The van der Waals surface area contributed by atoms with E-state index in [4.69, 9.17) is 9.41 Å². The van der Waals surface area contributed by atoms with E-state index in [1.165, 1.54) is 18.0 Å². The third-order valence-corrected chi connectivity index (χ3v) is 5.51. The molecule has 12 heteroatoms. The van der Waals surface area contributed by atoms with E-state index in [0.717, 1.165) is 4.47 Å². The number of aliphatic imine (C=N–C) groups is 1. The molecule has 1 heterocycles. The maximum Gasteiger partial charge on any atom is 0.186 e. The van der Waals surface area contributed by atoms with Crippen LogP contribution in [0.4, 0.5) is 5.69 Å². The molecule has 1 aromatic heterocycles. The van der Waals surface area contributed by atoms with E-state index in [0.29, 0.717) is 22.9 Å². The summed E-state index contributed by atoms with van der Waals surface area (Å²) < 4.78 is 24.2. The quantitative estimate of drug-likeness (QED) is 0.165. The summed E-state index contributed by atoms with van der Waals surface area (Å²) in [5.41, 5.74) is 2.83. The summed E-state index contributed by atoms with van der Waals surface area (Å²) >= 11 is 4.64. The molecule has 1 aromatic carbocycles. The molecule has 0 aliphatic heterocycles. The summed E-state index contributed by atoms with van der Waals surface area (Å²) in [7, 11) is -2.81. The highest BCUT2D eigenvalue weighted by Gasteiger charge is 2.17. The van der Waals surface area contributed by atoms with Crippen molar-refractivity contribution in [3.63, 3.8) is 0 Å². The Kier molecular flexibility index (Phi) is 7.95. The molecule has 1 unspecified atom stereocenters. The first-order valence-corrected chi connectivity index (χ1v) is 11.6. The highest BCUT2D eigenvalue weighted by atomic mass is 79.9. The Morgan fingerprint density at radius 3 is 2.93 bits per heavy atom. The summed E-state index contributed by atoms with van der Waals surface area (Å²) in [5, 5.41) is 17.4. The first kappa shape index (κ1) is 21.5. The van der Waals surface area contributed by atoms with Gasteiger partial charge in [0.15, 0.2) is 16.6 Å². The van der Waals surface area contributed by atoms with Crippen LogP contribution in [0.5, 0.6) is 0 Å². The number of amidine groups is 1. The van der Waals surface area contributed by atoms with Crippen molar-refractivity contribution in [2.45, 2.75) is 17.9 Å². The van der Waals surface area contributed by atoms with E-state index >= 15 is 0 Å². The van der Waals surface area contributed by atoms with Crippen LogP contribution in [0.1, 0.15) is 18.5 Å². The Morgan fingerprint density at radius 1 is 1.48 bits per heavy atom. The number of nitrogens with zero attached hydrogens (tertiary/aromatic N) is 3. The van der Waals surface area contributed by atoms with E-state index in [2.05, 4.69) is 31.2 Å². The third-order valence-electron chi connectivity index (χ3n) is 3.11. The minimum atomic E-state index is -2.81. The molecule has 2 rings (SSSR count). The Morgan fingerprint density at radius 2 is 2.26 bits per heavy atom. The van der Waals surface area contributed by atoms with Crippen LogP contribution in [0, 0.1) is 4.78 Å². The molecule has 2 aromatic rings. The van der Waals surface area contributed by atoms with Crippen molar-refractivity contribution in [1.29, 1.82) is 4.78 Å². The number of carbonyl (C=O) groups is 1. The summed E-state index contributed by atoms with van der Waals surface area (Å²) in [4.78, 5) is 15.9. The number of Topliss-reactive ketones (excluding diaryl/α,β-unsaturated/α-hetero) is 1. The van der Waals surface area contributed by atoms with Gasteiger partial charge in [-0.3, -0.25) is 20.3 Å². The Bertz CT molecular complexity index is 930. The lowest BCUT2D eigenvalue weighted by Gasteiger charge is -2.04. The lowest BCUT2D eigenvalue weighted by Crippen LogP contribution is -2.21. The zero-order valence-electron chi connectivity index (χ0n) is 14.3. The molecule has 0 aliphatic carbocycles. The second-order valence-electron chi connectivity index (χ2n) is 5.61. The van der Waals surface area contributed by atoms with E-state index in [1.54, 1.807) is 18.2 Å². The number of thioether (sulfide) groups is 1. The molecular weight excluding hydrogens is 458 g/mol. The van der Waals surface area contributed by atoms with Gasteiger partial charge in [0.2, 0.25) is 0 Å². The molecule has 0 fully saturated rings. The second-order valence-corrected chi connectivity index (χ2v) is 9.91. The van der Waals surface area contributed by atoms with Crippen LogP contribution < -0.4 is 5.48 Å². The number of carbonyl (C=O) groups excluding carboxylic acids is 1. The Labute approximate surface area is 169 Å². The number of hydrogen-bond acceptors (Lipinski definition) is 9. The lowest BCUT2D eigenvalue weighted by atomic mass is 10.2. The lowest BCUT2D eigenvalue weighted by molar-refractivity contribution is -0.116. The van der Waals surface area contributed by atoms with Gasteiger partial charge in [-0.25, -0.2) is 13.8 Å². The molecule has 0 spiro atoms. The fraction of sp³-hybridized carbons (Fsp3) is 0.333. The molecule has 9 nitrogen and oxygen atoms in total. The third kappa shape index (κ3) is 7.40. The van der Waals surface area contributed by atoms with E-state index in [-0.39, 0.29) is 29.5 Å². The van der Waals surface area contributed by atoms with Crippen molar-refractivity contribution < 1.29 is 18.8 Å². The minimum Gasteiger partial charge on any atom is -0.299 e. The van der Waals surface area contributed by atoms with Crippen molar-refractivity contribution in [3.8, 4) is 0 Å². The van der Waals surface area contributed by atoms with Gasteiger partial charge in [-0.1, -0.05) is 22.0 Å². The van der Waals surface area contributed by atoms with Crippen molar-refractivity contribution in [1.82, 2.24) is 15.8 Å². The normalized spacial score (nSPS) is 14.0. The number of ketones is 1. The fourth-order valence-electron chi connectivity index (χ4n) is 2.04. The number of benzene rings is 1. The molecule has 27 heavy (non-hydrogen) atoms. The first-order chi connectivity index (χ1) is 12.8. The van der Waals surface area contributed by atoms with Gasteiger partial charge in [-0.15, -0.1) is 11.8 Å². The zero-order valence-corrected chi connectivity index (χ0v) is 17.6. The van der Waals surface area contributed by atoms with E-state index < -0.39 is 9.73 Å². The maximum atomic E-state index is 11.7. The summed E-state index contributed by atoms with van der Waals surface area (Å²) in [6.07, 6.45) is 2.01. The van der Waals surface area contributed by atoms with Crippen LogP contribution in [0.3, 0.4) is 0 Å². The van der Waals surface area contributed by atoms with Crippen molar-refractivity contribution in [3.05, 3.63) is 34.4 Å². The van der Waals surface area contributed by atoms with Crippen LogP contribution in [-0.4, -0.2) is 49.1 Å². The second kappa shape index (κ2) is 9.97. The highest BCUT2D eigenvalue weighted by molar-refractivity contribution is 9.10. The molecule has 0 bridgehead atoms. The van der Waals surface area contributed by atoms with Gasteiger partial charge in [-0.2, -0.15) is 0 Å². The molecule has 0 saturated heterocycles. The molecule has 1 atom stereocenters. The van der Waals surface area contributed by atoms with E-state index in [1.807, 2.05) is 11.5 Å². The molecule has 0 saturated carbocycles. The number of halogens is 1. The van der Waals surface area contributed by atoms with Gasteiger partial charge in [-0.05, 0) is 34.9 Å². The average molecular weight is 476 g/mol. The van der Waals surface area contributed by atoms with Gasteiger partial charge < -0.3 is 0 Å². The number of hydrogen-bond donors (Lipinski definition) is 3. The van der Waals surface area contributed by atoms with Gasteiger partial charge in [0.1, 0.15) is 5.78 Å². The van der Waals surface area contributed by atoms with Crippen LogP contribution in [0.15, 0.2) is 43.4 Å². The van der Waals surface area contributed by atoms with Crippen LogP contribution in [-0.2, 0) is 14.5 Å². The summed E-state index contributed by atoms with van der Waals surface area (Å²) in [6, 6.07) is 7.17. The monoisotopic (exact) mass is 475 g/mol. The smallest absolute Gasteiger partial charge is 0.186 e. The summed E-state index contributed by atoms with van der Waals surface area (Å²) in [6.45, 7) is 0. The Hall–Kier alpha value is -1.76. The molecule has 146 valence electrons. The standard InChI is InChI=1S/C15H18BrN5O4S2/c1-27(17,24)9-12(22)6-3-7-26-15-13(20-25-21-15)14(19-23)18-11-5-2-4-10(16)8-11/h2,4-5,8,17,23H,3,6-7,9H2,1H3,(H,18,19). The van der Waals surface area contributed by atoms with Gasteiger partial charge in [0.25, 0.3) is 0 Å². The van der Waals surface area contributed by atoms with Crippen LogP contribution in [0.25, 0.3) is 0 Å². The SMILES string of the molecule is CS(=N)(=O)CC(=O)CCCSc1nonc1C(=Nc1cccc(Br)c1)NO. The van der Waals surface area contributed by atoms with E-state index in [9.17, 15) is 14.2 Å². The molecule has 3 N–H and O–H groups in total. The predicted octanol–water partition coefficient (Wildman–Crippen LogP) is 3.01. The number of rotatable bonds is 9. The first-order valence-electron chi connectivity index (χ1n) is 7.72. The van der Waals surface area contributed by atoms with Crippen molar-refractivity contribution in [2.24, 2.45) is 4.99 Å². The predicted molar refractivity (Wildman–Crippen MR) is 106 cm³/mol. The number of hydroxylamine groups is 1.